The maximum Gasteiger partial charge on any atom is 0.318 e. The van der Waals surface area contributed by atoms with Crippen LogP contribution in [-0.2, 0) is 0 Å². The molecule has 0 aromatic carbocycles. The smallest absolute Gasteiger partial charge is 0.312 e. The van der Waals surface area contributed by atoms with Crippen LogP contribution < -0.4 is 5.32 Å². The van der Waals surface area contributed by atoms with E-state index in [0.717, 1.165) is 0 Å². The summed E-state index contributed by atoms with van der Waals surface area (Å²) in [5.74, 6) is 0. The second-order valence-electron chi connectivity index (χ2n) is 1.63. The molecule has 0 aliphatic carbocycles. The van der Waals surface area contributed by atoms with E-state index in [1.165, 1.54) is 0 Å². The van der Waals surface area contributed by atoms with Crippen molar-refractivity contribution >= 4 is 35.1 Å². The summed E-state index contributed by atoms with van der Waals surface area (Å²) < 4.78 is 0. The molecule has 3 nitrogen and oxygen atoms in total. The molecule has 0 bridgehead atoms. The second kappa shape index (κ2) is 4.93. The Balaban J connectivity index is 0.000001000. The van der Waals surface area contributed by atoms with E-state index in [1.807, 2.05) is 0 Å². The minimum Gasteiger partial charge on any atom is -0.312 e. The third kappa shape index (κ3) is 3.80. The van der Waals surface area contributed by atoms with Crippen LogP contribution in [0.5, 0.6) is 0 Å². The molecule has 5 heteroatoms. The van der Waals surface area contributed by atoms with Crippen LogP contribution in [-0.4, -0.2) is 10.4 Å². The minimum atomic E-state index is -0.591. The molecule has 0 atom stereocenters. The average Bonchev–Trinajstić information content (AvgIpc) is 1.88. The van der Waals surface area contributed by atoms with Gasteiger partial charge in [0.25, 0.3) is 0 Å². The Hall–Kier alpha value is -0.800. The third-order valence-corrected chi connectivity index (χ3v) is 1.02. The zero-order valence-corrected chi connectivity index (χ0v) is 7.02. The highest BCUT2D eigenvalue weighted by atomic mass is 35.5. The first kappa shape index (κ1) is 10.2. The number of carbonyl (C=O) groups excluding carboxylic acids is 1. The highest BCUT2D eigenvalue weighted by Crippen LogP contribution is 2.03. The Labute approximate surface area is 75.2 Å². The van der Waals surface area contributed by atoms with Gasteiger partial charge in [-0.25, -0.2) is 0 Å². The standard InChI is InChI=1S/C6H5ClN2O.ClH/c7-6(10)9-5-1-3-8-4-2-5;/h1-4H,(H,8,9,10);1H. The lowest BCUT2D eigenvalue weighted by atomic mass is 10.4. The van der Waals surface area contributed by atoms with Gasteiger partial charge in [-0.3, -0.25) is 9.78 Å². The number of nitrogens with one attached hydrogen (secondary N) is 1. The highest BCUT2D eigenvalue weighted by Gasteiger charge is 1.93. The maximum absolute atomic E-state index is 10.2. The van der Waals surface area contributed by atoms with Crippen molar-refractivity contribution in [3.8, 4) is 0 Å². The van der Waals surface area contributed by atoms with E-state index in [-0.39, 0.29) is 12.4 Å². The fourth-order valence-corrected chi connectivity index (χ4v) is 0.658. The molecular weight excluding hydrogens is 187 g/mol. The molecule has 0 saturated carbocycles. The Bertz CT molecular complexity index is 227. The van der Waals surface area contributed by atoms with Crippen molar-refractivity contribution in [2.45, 2.75) is 0 Å². The lowest BCUT2D eigenvalue weighted by Crippen LogP contribution is -2.00. The molecule has 1 heterocycles. The van der Waals surface area contributed by atoms with E-state index in [2.05, 4.69) is 10.3 Å². The zero-order valence-electron chi connectivity index (χ0n) is 5.45. The maximum atomic E-state index is 10.2. The summed E-state index contributed by atoms with van der Waals surface area (Å²) in [5, 5.41) is 1.80. The lowest BCUT2D eigenvalue weighted by Gasteiger charge is -1.96. The van der Waals surface area contributed by atoms with E-state index in [4.69, 9.17) is 11.6 Å². The van der Waals surface area contributed by atoms with E-state index in [9.17, 15) is 4.79 Å². The molecule has 0 saturated heterocycles. The van der Waals surface area contributed by atoms with Gasteiger partial charge in [0.1, 0.15) is 0 Å². The van der Waals surface area contributed by atoms with E-state index in [1.54, 1.807) is 24.5 Å². The van der Waals surface area contributed by atoms with Crippen molar-refractivity contribution < 1.29 is 4.79 Å². The Morgan fingerprint density at radius 1 is 1.45 bits per heavy atom. The van der Waals surface area contributed by atoms with Gasteiger partial charge < -0.3 is 5.32 Å². The number of aromatic nitrogens is 1. The summed E-state index contributed by atoms with van der Waals surface area (Å²) in [4.78, 5) is 14.0. The number of rotatable bonds is 1. The first-order valence-electron chi connectivity index (χ1n) is 2.65. The minimum absolute atomic E-state index is 0. The summed E-state index contributed by atoms with van der Waals surface area (Å²) in [7, 11) is 0. The Morgan fingerprint density at radius 2 is 2.00 bits per heavy atom. The van der Waals surface area contributed by atoms with Gasteiger partial charge in [-0.1, -0.05) is 0 Å². The Morgan fingerprint density at radius 3 is 2.45 bits per heavy atom. The van der Waals surface area contributed by atoms with Gasteiger partial charge in [0.2, 0.25) is 0 Å². The molecule has 0 aliphatic rings. The highest BCUT2D eigenvalue weighted by molar-refractivity contribution is 6.65. The van der Waals surface area contributed by atoms with Crippen LogP contribution in [0.15, 0.2) is 24.5 Å². The molecule has 60 valence electrons. The van der Waals surface area contributed by atoms with E-state index in [0.29, 0.717) is 5.69 Å². The molecule has 0 radical (unpaired) electrons. The van der Waals surface area contributed by atoms with Gasteiger partial charge in [-0.05, 0) is 23.7 Å². The zero-order chi connectivity index (χ0) is 7.40. The normalized spacial score (nSPS) is 8.09. The number of hydrogen-bond acceptors (Lipinski definition) is 2. The van der Waals surface area contributed by atoms with Gasteiger partial charge in [0, 0.05) is 18.1 Å². The van der Waals surface area contributed by atoms with Crippen molar-refractivity contribution in [3.63, 3.8) is 0 Å². The number of anilines is 1. The molecule has 1 amide bonds. The van der Waals surface area contributed by atoms with Gasteiger partial charge in [0.05, 0.1) is 0 Å². The SMILES string of the molecule is Cl.O=C(Cl)Nc1ccncc1. The fourth-order valence-electron chi connectivity index (χ4n) is 0.549. The van der Waals surface area contributed by atoms with Gasteiger partial charge in [0.15, 0.2) is 0 Å². The summed E-state index contributed by atoms with van der Waals surface area (Å²) >= 11 is 5.04. The van der Waals surface area contributed by atoms with Crippen LogP contribution >= 0.6 is 24.0 Å². The van der Waals surface area contributed by atoms with Crippen molar-refractivity contribution in [1.29, 1.82) is 0 Å². The number of carbonyl (C=O) groups is 1. The van der Waals surface area contributed by atoms with E-state index >= 15 is 0 Å². The first-order chi connectivity index (χ1) is 4.79. The molecule has 0 fully saturated rings. The molecule has 1 rings (SSSR count). The van der Waals surface area contributed by atoms with Crippen molar-refractivity contribution in [1.82, 2.24) is 4.98 Å². The summed E-state index contributed by atoms with van der Waals surface area (Å²) in [6, 6.07) is 3.31. The van der Waals surface area contributed by atoms with Gasteiger partial charge in [-0.2, -0.15) is 0 Å². The molecule has 0 aliphatic heterocycles. The van der Waals surface area contributed by atoms with Crippen molar-refractivity contribution in [2.75, 3.05) is 5.32 Å². The average molecular weight is 193 g/mol. The summed E-state index contributed by atoms with van der Waals surface area (Å²) in [5.41, 5.74) is 0.648. The monoisotopic (exact) mass is 192 g/mol. The molecule has 1 N–H and O–H groups in total. The number of halogens is 2. The lowest BCUT2D eigenvalue weighted by molar-refractivity contribution is 0.269. The molecule has 0 unspecified atom stereocenters. The van der Waals surface area contributed by atoms with Crippen LogP contribution in [0, 0.1) is 0 Å². The van der Waals surface area contributed by atoms with E-state index < -0.39 is 5.37 Å². The molecule has 0 spiro atoms. The molecule has 11 heavy (non-hydrogen) atoms. The predicted molar refractivity (Wildman–Crippen MR) is 46.4 cm³/mol. The van der Waals surface area contributed by atoms with Crippen molar-refractivity contribution in [2.24, 2.45) is 0 Å². The summed E-state index contributed by atoms with van der Waals surface area (Å²) in [6.07, 6.45) is 3.14. The van der Waals surface area contributed by atoms with Crippen LogP contribution in [0.25, 0.3) is 0 Å². The number of hydrogen-bond donors (Lipinski definition) is 1. The summed E-state index contributed by atoms with van der Waals surface area (Å²) in [6.45, 7) is 0. The third-order valence-electron chi connectivity index (χ3n) is 0.923. The first-order valence-corrected chi connectivity index (χ1v) is 3.03. The molecular formula is C6H6Cl2N2O. The molecule has 1 aromatic heterocycles. The largest absolute Gasteiger partial charge is 0.318 e. The van der Waals surface area contributed by atoms with Gasteiger partial charge in [-0.15, -0.1) is 12.4 Å². The number of nitrogens with zero attached hydrogens (tertiary/aromatic N) is 1. The van der Waals surface area contributed by atoms with Crippen LogP contribution in [0.2, 0.25) is 0 Å². The van der Waals surface area contributed by atoms with Crippen molar-refractivity contribution in [3.05, 3.63) is 24.5 Å². The number of pyridine rings is 1. The number of amides is 1. The molecule has 1 aromatic rings. The quantitative estimate of drug-likeness (QED) is 0.549. The second-order valence-corrected chi connectivity index (χ2v) is 1.98. The predicted octanol–water partition coefficient (Wildman–Crippen LogP) is 2.27. The topological polar surface area (TPSA) is 42.0 Å². The van der Waals surface area contributed by atoms with Crippen LogP contribution in [0.4, 0.5) is 10.5 Å². The van der Waals surface area contributed by atoms with Crippen LogP contribution in [0.3, 0.4) is 0 Å². The van der Waals surface area contributed by atoms with Gasteiger partial charge >= 0.3 is 5.37 Å². The Kier molecular flexibility index (Phi) is 4.57. The fraction of sp³-hybridized carbons (Fsp3) is 0. The van der Waals surface area contributed by atoms with Crippen LogP contribution in [0.1, 0.15) is 0 Å².